The summed E-state index contributed by atoms with van der Waals surface area (Å²) in [4.78, 5) is 22.9. The maximum absolute atomic E-state index is 14.1. The first-order valence-electron chi connectivity index (χ1n) is 5.43. The van der Waals surface area contributed by atoms with Gasteiger partial charge in [0.05, 0.1) is 33.3 Å². The number of rotatable bonds is 4. The lowest BCUT2D eigenvalue weighted by Gasteiger charge is -2.12. The molecule has 1 rings (SSSR count). The zero-order chi connectivity index (χ0) is 16.0. The number of anilines is 1. The van der Waals surface area contributed by atoms with E-state index in [-0.39, 0.29) is 9.26 Å². The molecule has 0 unspecified atom stereocenters. The number of nitrogens with one attached hydrogen (secondary N) is 2. The molecule has 0 radical (unpaired) electrons. The molecule has 0 saturated heterocycles. The van der Waals surface area contributed by atoms with Crippen LogP contribution in [0.3, 0.4) is 0 Å². The number of benzene rings is 1. The number of hydrogen-bond acceptors (Lipinski definition) is 4. The molecule has 0 aromatic heterocycles. The van der Waals surface area contributed by atoms with Crippen molar-refractivity contribution in [1.29, 1.82) is 0 Å². The first kappa shape index (κ1) is 17.9. The maximum Gasteiger partial charge on any atom is 0.326 e. The lowest BCUT2D eigenvalue weighted by atomic mass is 10.3. The highest BCUT2D eigenvalue weighted by Gasteiger charge is 2.17. The van der Waals surface area contributed by atoms with Gasteiger partial charge in [-0.25, -0.2) is 9.18 Å². The maximum atomic E-state index is 14.1. The highest BCUT2D eigenvalue weighted by atomic mass is 127. The van der Waals surface area contributed by atoms with Crippen LogP contribution in [0.5, 0.6) is 5.75 Å². The summed E-state index contributed by atoms with van der Waals surface area (Å²) >= 11 is 3.73. The molecule has 114 valence electrons. The summed E-state index contributed by atoms with van der Waals surface area (Å²) in [7, 11) is 2.79. The fraction of sp³-hybridized carbons (Fsp3) is 0.167. The van der Waals surface area contributed by atoms with Crippen LogP contribution in [-0.4, -0.2) is 26.2 Å². The largest absolute Gasteiger partial charge is 0.504 e. The number of urea groups is 1. The molecule has 3 amide bonds. The van der Waals surface area contributed by atoms with E-state index in [2.05, 4.69) is 10.1 Å². The van der Waals surface area contributed by atoms with Crippen molar-refractivity contribution in [3.63, 3.8) is 0 Å². The fourth-order valence-electron chi connectivity index (χ4n) is 1.29. The van der Waals surface area contributed by atoms with E-state index in [0.717, 1.165) is 12.3 Å². The van der Waals surface area contributed by atoms with Gasteiger partial charge in [-0.15, -0.1) is 0 Å². The Hall–Kier alpha value is -1.11. The van der Waals surface area contributed by atoms with Gasteiger partial charge >= 0.3 is 6.03 Å². The lowest BCUT2D eigenvalue weighted by molar-refractivity contribution is -0.115. The van der Waals surface area contributed by atoms with Crippen LogP contribution in [0.15, 0.2) is 18.4 Å². The van der Waals surface area contributed by atoms with Crippen molar-refractivity contribution >= 4 is 62.8 Å². The molecule has 0 spiro atoms. The highest BCUT2D eigenvalue weighted by Crippen LogP contribution is 2.33. The van der Waals surface area contributed by atoms with Crippen molar-refractivity contribution in [3.8, 4) is 5.75 Å². The van der Waals surface area contributed by atoms with Gasteiger partial charge in [0.1, 0.15) is 5.75 Å². The summed E-state index contributed by atoms with van der Waals surface area (Å²) in [5.41, 5.74) is -0.0504. The summed E-state index contributed by atoms with van der Waals surface area (Å²) in [5.74, 6) is -0.936. The van der Waals surface area contributed by atoms with Gasteiger partial charge in [-0.3, -0.25) is 10.1 Å². The SMILES string of the molecule is CO/C=C/C(=O)NC(=O)Nc1cc(I)c(OC)c(I)c1F. The van der Waals surface area contributed by atoms with Crippen LogP contribution in [0.25, 0.3) is 0 Å². The van der Waals surface area contributed by atoms with E-state index < -0.39 is 17.8 Å². The zero-order valence-corrected chi connectivity index (χ0v) is 15.3. The van der Waals surface area contributed by atoms with Crippen molar-refractivity contribution in [3.05, 3.63) is 31.4 Å². The van der Waals surface area contributed by atoms with Crippen LogP contribution in [0.1, 0.15) is 0 Å². The highest BCUT2D eigenvalue weighted by molar-refractivity contribution is 14.1. The average Bonchev–Trinajstić information content (AvgIpc) is 2.42. The van der Waals surface area contributed by atoms with E-state index >= 15 is 0 Å². The molecule has 6 nitrogen and oxygen atoms in total. The van der Waals surface area contributed by atoms with Gasteiger partial charge in [0.15, 0.2) is 5.82 Å². The smallest absolute Gasteiger partial charge is 0.326 e. The van der Waals surface area contributed by atoms with Crippen LogP contribution in [0, 0.1) is 13.0 Å². The average molecular weight is 520 g/mol. The molecule has 21 heavy (non-hydrogen) atoms. The van der Waals surface area contributed by atoms with Crippen LogP contribution < -0.4 is 15.4 Å². The Kier molecular flexibility index (Phi) is 7.14. The first-order chi connectivity index (χ1) is 9.90. The minimum Gasteiger partial charge on any atom is -0.504 e. The number of imide groups is 1. The third kappa shape index (κ3) is 4.98. The van der Waals surface area contributed by atoms with Crippen molar-refractivity contribution < 1.29 is 23.5 Å². The minimum atomic E-state index is -0.851. The van der Waals surface area contributed by atoms with Crippen molar-refractivity contribution in [2.45, 2.75) is 0 Å². The Morgan fingerprint density at radius 3 is 2.57 bits per heavy atom. The summed E-state index contributed by atoms with van der Waals surface area (Å²) < 4.78 is 24.5. The van der Waals surface area contributed by atoms with Gasteiger partial charge in [0, 0.05) is 6.08 Å². The Labute approximate surface area is 147 Å². The Balaban J connectivity index is 2.86. The van der Waals surface area contributed by atoms with Crippen LogP contribution >= 0.6 is 45.2 Å². The molecular formula is C12H11FI2N2O4. The molecule has 2 N–H and O–H groups in total. The molecule has 0 saturated carbocycles. The minimum absolute atomic E-state index is 0.0504. The third-order valence-corrected chi connectivity index (χ3v) is 3.93. The number of carbonyl (C=O) groups is 2. The van der Waals surface area contributed by atoms with Crippen LogP contribution in [-0.2, 0) is 9.53 Å². The molecular weight excluding hydrogens is 509 g/mol. The summed E-state index contributed by atoms with van der Waals surface area (Å²) in [6.45, 7) is 0. The Morgan fingerprint density at radius 2 is 2.00 bits per heavy atom. The number of amides is 3. The lowest BCUT2D eigenvalue weighted by Crippen LogP contribution is -2.33. The van der Waals surface area contributed by atoms with E-state index in [0.29, 0.717) is 9.32 Å². The van der Waals surface area contributed by atoms with Crippen LogP contribution in [0.4, 0.5) is 14.9 Å². The van der Waals surface area contributed by atoms with Crippen molar-refractivity contribution in [1.82, 2.24) is 5.32 Å². The Morgan fingerprint density at radius 1 is 1.33 bits per heavy atom. The van der Waals surface area contributed by atoms with E-state index in [9.17, 15) is 14.0 Å². The molecule has 0 aliphatic heterocycles. The number of methoxy groups -OCH3 is 2. The topological polar surface area (TPSA) is 76.7 Å². The zero-order valence-electron chi connectivity index (χ0n) is 11.0. The molecule has 0 atom stereocenters. The molecule has 1 aromatic rings. The molecule has 9 heteroatoms. The van der Waals surface area contributed by atoms with Gasteiger partial charge in [-0.05, 0) is 51.2 Å². The Bertz CT molecular complexity index is 593. The van der Waals surface area contributed by atoms with Gasteiger partial charge in [-0.1, -0.05) is 0 Å². The summed E-state index contributed by atoms with van der Waals surface area (Å²) in [6, 6.07) is 0.558. The van der Waals surface area contributed by atoms with Crippen molar-refractivity contribution in [2.75, 3.05) is 19.5 Å². The number of halogens is 3. The quantitative estimate of drug-likeness (QED) is 0.278. The number of carbonyl (C=O) groups excluding carboxylic acids is 2. The van der Waals surface area contributed by atoms with Gasteiger partial charge in [0.25, 0.3) is 5.91 Å². The number of ether oxygens (including phenoxy) is 2. The summed E-state index contributed by atoms with van der Waals surface area (Å²) in [6.07, 6.45) is 2.14. The van der Waals surface area contributed by atoms with Gasteiger partial charge in [-0.2, -0.15) is 0 Å². The second kappa shape index (κ2) is 8.36. The molecule has 0 heterocycles. The summed E-state index contributed by atoms with van der Waals surface area (Å²) in [5, 5.41) is 4.26. The van der Waals surface area contributed by atoms with Crippen molar-refractivity contribution in [2.24, 2.45) is 0 Å². The monoisotopic (exact) mass is 520 g/mol. The molecule has 0 bridgehead atoms. The predicted molar refractivity (Wildman–Crippen MR) is 91.7 cm³/mol. The first-order valence-corrected chi connectivity index (χ1v) is 7.59. The standard InChI is InChI=1S/C12H11FI2N2O4/c1-20-4-3-8(18)17-12(19)16-7-5-6(14)11(21-2)10(15)9(7)13/h3-5H,1-2H3,(H2,16,17,18,19)/b4-3+. The van der Waals surface area contributed by atoms with E-state index in [1.807, 2.05) is 27.9 Å². The predicted octanol–water partition coefficient (Wildman–Crippen LogP) is 2.85. The fourth-order valence-corrected chi connectivity index (χ4v) is 3.41. The molecule has 1 aromatic carbocycles. The van der Waals surface area contributed by atoms with Crippen LogP contribution in [0.2, 0.25) is 0 Å². The molecule has 0 aliphatic carbocycles. The van der Waals surface area contributed by atoms with E-state index in [1.165, 1.54) is 20.3 Å². The molecule has 0 aliphatic rings. The number of hydrogen-bond donors (Lipinski definition) is 2. The second-order valence-corrected chi connectivity index (χ2v) is 5.79. The normalized spacial score (nSPS) is 10.3. The van der Waals surface area contributed by atoms with E-state index in [4.69, 9.17) is 4.74 Å². The second-order valence-electron chi connectivity index (χ2n) is 3.55. The third-order valence-electron chi connectivity index (χ3n) is 2.16. The van der Waals surface area contributed by atoms with Gasteiger partial charge < -0.3 is 14.8 Å². The molecule has 0 fully saturated rings. The van der Waals surface area contributed by atoms with Gasteiger partial charge in [0.2, 0.25) is 0 Å². The van der Waals surface area contributed by atoms with E-state index in [1.54, 1.807) is 22.6 Å².